The minimum absolute atomic E-state index is 0.358. The number of hydrogen-bond donors (Lipinski definition) is 2. The summed E-state index contributed by atoms with van der Waals surface area (Å²) in [7, 11) is 0. The maximum Gasteiger partial charge on any atom is 0.338 e. The topological polar surface area (TPSA) is 81.4 Å². The molecule has 0 aromatic heterocycles. The highest BCUT2D eigenvalue weighted by molar-refractivity contribution is 5.95. The van der Waals surface area contributed by atoms with E-state index in [1.54, 1.807) is 24.3 Å². The van der Waals surface area contributed by atoms with Crippen LogP contribution in [0.15, 0.2) is 24.3 Å². The molecule has 0 fully saturated rings. The molecule has 5 heteroatoms. The Morgan fingerprint density at radius 1 is 1.00 bits per heavy atom. The molecule has 116 valence electrons. The molecule has 0 atom stereocenters. The van der Waals surface area contributed by atoms with Gasteiger partial charge in [0.25, 0.3) is 5.91 Å². The summed E-state index contributed by atoms with van der Waals surface area (Å²) in [4.78, 5) is 23.0. The fourth-order valence-electron chi connectivity index (χ4n) is 1.97. The fourth-order valence-corrected chi connectivity index (χ4v) is 1.97. The minimum atomic E-state index is -0.387. The van der Waals surface area contributed by atoms with Gasteiger partial charge in [-0.05, 0) is 30.7 Å². The number of esters is 1. The molecule has 0 heterocycles. The number of ether oxygens (including phenoxy) is 1. The number of benzene rings is 1. The summed E-state index contributed by atoms with van der Waals surface area (Å²) in [5, 5.41) is 0. The van der Waals surface area contributed by atoms with Crippen LogP contribution in [-0.4, -0.2) is 18.5 Å². The first-order chi connectivity index (χ1) is 10.2. The summed E-state index contributed by atoms with van der Waals surface area (Å²) < 4.78 is 5.20. The van der Waals surface area contributed by atoms with Crippen LogP contribution < -0.4 is 11.3 Å². The second kappa shape index (κ2) is 9.94. The number of carbonyl (C=O) groups is 2. The van der Waals surface area contributed by atoms with Crippen molar-refractivity contribution in [2.24, 2.45) is 5.84 Å². The Balaban J connectivity index is 2.27. The summed E-state index contributed by atoms with van der Waals surface area (Å²) in [5.41, 5.74) is 2.88. The van der Waals surface area contributed by atoms with E-state index < -0.39 is 0 Å². The van der Waals surface area contributed by atoms with Crippen molar-refractivity contribution in [2.75, 3.05) is 6.61 Å². The van der Waals surface area contributed by atoms with E-state index in [0.29, 0.717) is 17.7 Å². The summed E-state index contributed by atoms with van der Waals surface area (Å²) in [6.45, 7) is 2.63. The SMILES string of the molecule is CCCCCCCCOC(=O)c1ccc(C(=O)NN)cc1. The lowest BCUT2D eigenvalue weighted by Gasteiger charge is -2.05. The minimum Gasteiger partial charge on any atom is -0.462 e. The zero-order valence-electron chi connectivity index (χ0n) is 12.6. The van der Waals surface area contributed by atoms with Gasteiger partial charge in [0.05, 0.1) is 12.2 Å². The number of rotatable bonds is 9. The van der Waals surface area contributed by atoms with E-state index in [0.717, 1.165) is 12.8 Å². The van der Waals surface area contributed by atoms with Crippen LogP contribution in [-0.2, 0) is 4.74 Å². The molecule has 0 aliphatic heterocycles. The summed E-state index contributed by atoms with van der Waals surface area (Å²) in [6, 6.07) is 6.22. The van der Waals surface area contributed by atoms with Gasteiger partial charge in [-0.3, -0.25) is 10.2 Å². The van der Waals surface area contributed by atoms with Crippen molar-refractivity contribution in [2.45, 2.75) is 45.4 Å². The third kappa shape index (κ3) is 6.40. The molecule has 0 unspecified atom stereocenters. The molecule has 1 aromatic rings. The van der Waals surface area contributed by atoms with E-state index >= 15 is 0 Å². The van der Waals surface area contributed by atoms with Crippen LogP contribution in [0.4, 0.5) is 0 Å². The standard InChI is InChI=1S/C16H24N2O3/c1-2-3-4-5-6-7-12-21-16(20)14-10-8-13(9-11-14)15(19)18-17/h8-11H,2-7,12,17H2,1H3,(H,18,19). The Morgan fingerprint density at radius 2 is 1.57 bits per heavy atom. The van der Waals surface area contributed by atoms with Crippen LogP contribution in [0.5, 0.6) is 0 Å². The van der Waals surface area contributed by atoms with E-state index in [4.69, 9.17) is 10.6 Å². The predicted octanol–water partition coefficient (Wildman–Crippen LogP) is 2.81. The molecule has 0 aliphatic carbocycles. The monoisotopic (exact) mass is 292 g/mol. The second-order valence-corrected chi connectivity index (χ2v) is 4.95. The lowest BCUT2D eigenvalue weighted by molar-refractivity contribution is 0.0497. The molecule has 5 nitrogen and oxygen atoms in total. The zero-order valence-corrected chi connectivity index (χ0v) is 12.6. The number of nitrogens with two attached hydrogens (primary N) is 1. The zero-order chi connectivity index (χ0) is 15.5. The Morgan fingerprint density at radius 3 is 2.19 bits per heavy atom. The van der Waals surface area contributed by atoms with Crippen LogP contribution in [0.25, 0.3) is 0 Å². The van der Waals surface area contributed by atoms with Gasteiger partial charge < -0.3 is 4.74 Å². The molecular weight excluding hydrogens is 268 g/mol. The summed E-state index contributed by atoms with van der Waals surface area (Å²) in [6.07, 6.45) is 6.91. The molecule has 0 bridgehead atoms. The molecular formula is C16H24N2O3. The Bertz CT molecular complexity index is 443. The van der Waals surface area contributed by atoms with E-state index in [2.05, 4.69) is 6.92 Å². The van der Waals surface area contributed by atoms with Crippen LogP contribution in [0.2, 0.25) is 0 Å². The van der Waals surface area contributed by atoms with Crippen LogP contribution in [0.1, 0.15) is 66.2 Å². The van der Waals surface area contributed by atoms with Gasteiger partial charge in [0.1, 0.15) is 0 Å². The van der Waals surface area contributed by atoms with Gasteiger partial charge in [-0.25, -0.2) is 10.6 Å². The first kappa shape index (κ1) is 17.2. The highest BCUT2D eigenvalue weighted by Crippen LogP contribution is 2.08. The van der Waals surface area contributed by atoms with E-state index in [1.807, 2.05) is 5.43 Å². The van der Waals surface area contributed by atoms with Crippen molar-refractivity contribution in [3.63, 3.8) is 0 Å². The highest BCUT2D eigenvalue weighted by Gasteiger charge is 2.08. The van der Waals surface area contributed by atoms with Gasteiger partial charge in [0, 0.05) is 5.56 Å². The van der Waals surface area contributed by atoms with Gasteiger partial charge in [0.15, 0.2) is 0 Å². The average Bonchev–Trinajstić information content (AvgIpc) is 2.53. The molecule has 0 aliphatic rings. The lowest BCUT2D eigenvalue weighted by Crippen LogP contribution is -2.29. The number of amides is 1. The number of unbranched alkanes of at least 4 members (excludes halogenated alkanes) is 5. The van der Waals surface area contributed by atoms with Gasteiger partial charge in [-0.2, -0.15) is 0 Å². The van der Waals surface area contributed by atoms with E-state index in [-0.39, 0.29) is 11.9 Å². The fraction of sp³-hybridized carbons (Fsp3) is 0.500. The van der Waals surface area contributed by atoms with Crippen molar-refractivity contribution < 1.29 is 14.3 Å². The molecule has 0 saturated carbocycles. The smallest absolute Gasteiger partial charge is 0.338 e. The van der Waals surface area contributed by atoms with Crippen LogP contribution in [0, 0.1) is 0 Å². The number of hydrogen-bond acceptors (Lipinski definition) is 4. The lowest BCUT2D eigenvalue weighted by atomic mass is 10.1. The molecule has 1 rings (SSSR count). The van der Waals surface area contributed by atoms with Gasteiger partial charge in [0.2, 0.25) is 0 Å². The number of nitrogen functional groups attached to an aromatic ring is 1. The summed E-state index contributed by atoms with van der Waals surface area (Å²) in [5.74, 6) is 4.29. The van der Waals surface area contributed by atoms with Crippen molar-refractivity contribution in [3.8, 4) is 0 Å². The Hall–Kier alpha value is -1.88. The first-order valence-electron chi connectivity index (χ1n) is 7.47. The maximum atomic E-state index is 11.8. The molecule has 0 radical (unpaired) electrons. The molecule has 1 aromatic carbocycles. The molecule has 3 N–H and O–H groups in total. The molecule has 0 saturated heterocycles. The molecule has 1 amide bonds. The number of carbonyl (C=O) groups excluding carboxylic acids is 2. The van der Waals surface area contributed by atoms with Crippen molar-refractivity contribution in [1.82, 2.24) is 5.43 Å². The largest absolute Gasteiger partial charge is 0.462 e. The summed E-state index contributed by atoms with van der Waals surface area (Å²) >= 11 is 0. The van der Waals surface area contributed by atoms with Crippen molar-refractivity contribution >= 4 is 11.9 Å². The second-order valence-electron chi connectivity index (χ2n) is 4.95. The Kier molecular flexibility index (Phi) is 8.12. The third-order valence-corrected chi connectivity index (χ3v) is 3.24. The normalized spacial score (nSPS) is 10.2. The van der Waals surface area contributed by atoms with Crippen LogP contribution >= 0.6 is 0 Å². The maximum absolute atomic E-state index is 11.8. The highest BCUT2D eigenvalue weighted by atomic mass is 16.5. The average molecular weight is 292 g/mol. The van der Waals surface area contributed by atoms with Crippen LogP contribution in [0.3, 0.4) is 0 Å². The van der Waals surface area contributed by atoms with Crippen molar-refractivity contribution in [1.29, 1.82) is 0 Å². The molecule has 21 heavy (non-hydrogen) atoms. The predicted molar refractivity (Wildman–Crippen MR) is 81.8 cm³/mol. The Labute approximate surface area is 125 Å². The quantitative estimate of drug-likeness (QED) is 0.241. The van der Waals surface area contributed by atoms with Gasteiger partial charge >= 0.3 is 5.97 Å². The number of hydrazine groups is 1. The third-order valence-electron chi connectivity index (χ3n) is 3.24. The van der Waals surface area contributed by atoms with E-state index in [9.17, 15) is 9.59 Å². The first-order valence-corrected chi connectivity index (χ1v) is 7.47. The number of nitrogens with one attached hydrogen (secondary N) is 1. The van der Waals surface area contributed by atoms with E-state index in [1.165, 1.54) is 25.7 Å². The van der Waals surface area contributed by atoms with Gasteiger partial charge in [-0.1, -0.05) is 39.0 Å². The van der Waals surface area contributed by atoms with Gasteiger partial charge in [-0.15, -0.1) is 0 Å². The van der Waals surface area contributed by atoms with Crippen molar-refractivity contribution in [3.05, 3.63) is 35.4 Å². The molecule has 0 spiro atoms.